The second-order valence-corrected chi connectivity index (χ2v) is 3.73. The lowest BCUT2D eigenvalue weighted by Gasteiger charge is -2.10. The molecule has 17 heavy (non-hydrogen) atoms. The highest BCUT2D eigenvalue weighted by Crippen LogP contribution is 2.27. The monoisotopic (exact) mass is 227 g/mol. The first kappa shape index (κ1) is 11.2. The van der Waals surface area contributed by atoms with Crippen LogP contribution in [0, 0.1) is 6.92 Å². The van der Waals surface area contributed by atoms with Gasteiger partial charge < -0.3 is 10.5 Å². The third kappa shape index (κ3) is 2.45. The number of carbonyl (C=O) groups excluding carboxylic acids is 1. The van der Waals surface area contributed by atoms with Gasteiger partial charge in [0.1, 0.15) is 11.5 Å². The van der Waals surface area contributed by atoms with Crippen LogP contribution in [0.15, 0.2) is 48.5 Å². The molecule has 2 N–H and O–H groups in total. The van der Waals surface area contributed by atoms with E-state index in [0.717, 1.165) is 11.3 Å². The first-order valence-corrected chi connectivity index (χ1v) is 5.31. The third-order valence-electron chi connectivity index (χ3n) is 2.47. The third-order valence-corrected chi connectivity index (χ3v) is 2.47. The summed E-state index contributed by atoms with van der Waals surface area (Å²) in [5.74, 6) is 0.713. The minimum Gasteiger partial charge on any atom is -0.456 e. The van der Waals surface area contributed by atoms with E-state index >= 15 is 0 Å². The van der Waals surface area contributed by atoms with Crippen LogP contribution >= 0.6 is 0 Å². The average molecular weight is 227 g/mol. The van der Waals surface area contributed by atoms with E-state index in [0.29, 0.717) is 11.3 Å². The van der Waals surface area contributed by atoms with Crippen molar-refractivity contribution in [2.45, 2.75) is 6.92 Å². The molecule has 2 aromatic rings. The Bertz CT molecular complexity index is 549. The lowest BCUT2D eigenvalue weighted by Crippen LogP contribution is -2.12. The molecule has 2 aromatic carbocycles. The summed E-state index contributed by atoms with van der Waals surface area (Å²) in [7, 11) is 0. The Labute approximate surface area is 99.8 Å². The van der Waals surface area contributed by atoms with Gasteiger partial charge in [-0.25, -0.2) is 0 Å². The van der Waals surface area contributed by atoms with Gasteiger partial charge >= 0.3 is 0 Å². The van der Waals surface area contributed by atoms with Crippen LogP contribution in [-0.4, -0.2) is 5.91 Å². The number of nitrogens with two attached hydrogens (primary N) is 1. The maximum atomic E-state index is 11.2. The van der Waals surface area contributed by atoms with Crippen molar-refractivity contribution in [2.75, 3.05) is 0 Å². The van der Waals surface area contributed by atoms with Gasteiger partial charge in [0.15, 0.2) is 0 Å². The highest BCUT2D eigenvalue weighted by Gasteiger charge is 2.09. The van der Waals surface area contributed by atoms with E-state index in [2.05, 4.69) is 0 Å². The Hall–Kier alpha value is -2.29. The molecule has 0 unspecified atom stereocenters. The van der Waals surface area contributed by atoms with Crippen molar-refractivity contribution in [3.63, 3.8) is 0 Å². The number of carbonyl (C=O) groups is 1. The number of rotatable bonds is 3. The molecule has 0 heterocycles. The number of para-hydroxylation sites is 2. The van der Waals surface area contributed by atoms with Crippen molar-refractivity contribution in [2.24, 2.45) is 5.73 Å². The zero-order chi connectivity index (χ0) is 12.3. The molecule has 0 fully saturated rings. The molecule has 86 valence electrons. The molecule has 0 saturated heterocycles. The standard InChI is InChI=1S/C14H13NO2/c1-10-6-2-4-8-12(10)17-13-9-5-3-7-11(13)14(15)16/h2-9H,1H3,(H2,15,16). The summed E-state index contributed by atoms with van der Waals surface area (Å²) < 4.78 is 5.70. The van der Waals surface area contributed by atoms with Gasteiger partial charge in [0.05, 0.1) is 5.56 Å². The molecule has 1 amide bonds. The topological polar surface area (TPSA) is 52.3 Å². The summed E-state index contributed by atoms with van der Waals surface area (Å²) in [6.07, 6.45) is 0. The second-order valence-electron chi connectivity index (χ2n) is 3.73. The molecule has 0 spiro atoms. The molecule has 0 aliphatic carbocycles. The number of benzene rings is 2. The molecule has 3 nitrogen and oxygen atoms in total. The lowest BCUT2D eigenvalue weighted by molar-refractivity contribution is 0.0998. The van der Waals surface area contributed by atoms with Crippen molar-refractivity contribution < 1.29 is 9.53 Å². The van der Waals surface area contributed by atoms with Gasteiger partial charge in [-0.05, 0) is 30.7 Å². The molecular formula is C14H13NO2. The molecule has 0 aliphatic heterocycles. The molecular weight excluding hydrogens is 214 g/mol. The van der Waals surface area contributed by atoms with Crippen molar-refractivity contribution in [3.05, 3.63) is 59.7 Å². The first-order valence-electron chi connectivity index (χ1n) is 5.31. The predicted octanol–water partition coefficient (Wildman–Crippen LogP) is 2.89. The van der Waals surface area contributed by atoms with Crippen molar-refractivity contribution in [1.29, 1.82) is 0 Å². The minimum atomic E-state index is -0.491. The fourth-order valence-electron chi connectivity index (χ4n) is 1.55. The number of primary amides is 1. The fraction of sp³-hybridized carbons (Fsp3) is 0.0714. The minimum absolute atomic E-state index is 0.385. The van der Waals surface area contributed by atoms with Crippen LogP contribution in [0.1, 0.15) is 15.9 Å². The van der Waals surface area contributed by atoms with Crippen LogP contribution in [0.4, 0.5) is 0 Å². The Kier molecular flexibility index (Phi) is 3.10. The van der Waals surface area contributed by atoms with Crippen LogP contribution in [0.3, 0.4) is 0 Å². The molecule has 0 saturated carbocycles. The van der Waals surface area contributed by atoms with E-state index in [4.69, 9.17) is 10.5 Å². The molecule has 0 bridgehead atoms. The van der Waals surface area contributed by atoms with Crippen LogP contribution in [0.25, 0.3) is 0 Å². The van der Waals surface area contributed by atoms with Gasteiger partial charge in [0.25, 0.3) is 5.91 Å². The molecule has 2 rings (SSSR count). The van der Waals surface area contributed by atoms with E-state index in [1.807, 2.05) is 31.2 Å². The predicted molar refractivity (Wildman–Crippen MR) is 66.2 cm³/mol. The maximum absolute atomic E-state index is 11.2. The van der Waals surface area contributed by atoms with Gasteiger partial charge in [0, 0.05) is 0 Å². The van der Waals surface area contributed by atoms with E-state index < -0.39 is 5.91 Å². The van der Waals surface area contributed by atoms with Crippen LogP contribution in [0.5, 0.6) is 11.5 Å². The van der Waals surface area contributed by atoms with E-state index in [1.54, 1.807) is 24.3 Å². The number of hydrogen-bond acceptors (Lipinski definition) is 2. The highest BCUT2D eigenvalue weighted by atomic mass is 16.5. The Morgan fingerprint density at radius 1 is 1.00 bits per heavy atom. The highest BCUT2D eigenvalue weighted by molar-refractivity contribution is 5.95. The van der Waals surface area contributed by atoms with E-state index in [1.165, 1.54) is 0 Å². The van der Waals surface area contributed by atoms with Gasteiger partial charge in [-0.1, -0.05) is 30.3 Å². The summed E-state index contributed by atoms with van der Waals surface area (Å²) in [6.45, 7) is 1.95. The van der Waals surface area contributed by atoms with Crippen molar-refractivity contribution in [1.82, 2.24) is 0 Å². The largest absolute Gasteiger partial charge is 0.456 e. The van der Waals surface area contributed by atoms with Gasteiger partial charge in [-0.15, -0.1) is 0 Å². The molecule has 0 radical (unpaired) electrons. The number of hydrogen-bond donors (Lipinski definition) is 1. The summed E-state index contributed by atoms with van der Waals surface area (Å²) in [6, 6.07) is 14.6. The lowest BCUT2D eigenvalue weighted by atomic mass is 10.2. The van der Waals surface area contributed by atoms with Gasteiger partial charge in [-0.2, -0.15) is 0 Å². The normalized spacial score (nSPS) is 9.94. The first-order chi connectivity index (χ1) is 8.18. The van der Waals surface area contributed by atoms with Gasteiger partial charge in [0.2, 0.25) is 0 Å². The summed E-state index contributed by atoms with van der Waals surface area (Å²) in [5.41, 5.74) is 6.68. The van der Waals surface area contributed by atoms with Crippen molar-refractivity contribution in [3.8, 4) is 11.5 Å². The Balaban J connectivity index is 2.37. The molecule has 3 heteroatoms. The summed E-state index contributed by atoms with van der Waals surface area (Å²) >= 11 is 0. The fourth-order valence-corrected chi connectivity index (χ4v) is 1.55. The number of ether oxygens (including phenoxy) is 1. The van der Waals surface area contributed by atoms with Crippen molar-refractivity contribution >= 4 is 5.91 Å². The number of amides is 1. The summed E-state index contributed by atoms with van der Waals surface area (Å²) in [4.78, 5) is 11.2. The Morgan fingerprint density at radius 3 is 2.24 bits per heavy atom. The average Bonchev–Trinajstić information content (AvgIpc) is 2.32. The Morgan fingerprint density at radius 2 is 1.59 bits per heavy atom. The smallest absolute Gasteiger partial charge is 0.252 e. The molecule has 0 aromatic heterocycles. The summed E-state index contributed by atoms with van der Waals surface area (Å²) in [5, 5.41) is 0. The van der Waals surface area contributed by atoms with Crippen LogP contribution in [-0.2, 0) is 0 Å². The quantitative estimate of drug-likeness (QED) is 0.876. The van der Waals surface area contributed by atoms with E-state index in [-0.39, 0.29) is 0 Å². The maximum Gasteiger partial charge on any atom is 0.252 e. The van der Waals surface area contributed by atoms with Crippen LogP contribution < -0.4 is 10.5 Å². The van der Waals surface area contributed by atoms with Gasteiger partial charge in [-0.3, -0.25) is 4.79 Å². The van der Waals surface area contributed by atoms with E-state index in [9.17, 15) is 4.79 Å². The number of aryl methyl sites for hydroxylation is 1. The zero-order valence-corrected chi connectivity index (χ0v) is 9.51. The van der Waals surface area contributed by atoms with Crippen LogP contribution in [0.2, 0.25) is 0 Å². The zero-order valence-electron chi connectivity index (χ0n) is 9.51. The molecule has 0 atom stereocenters. The second kappa shape index (κ2) is 4.70. The SMILES string of the molecule is Cc1ccccc1Oc1ccccc1C(N)=O. The molecule has 0 aliphatic rings.